The lowest BCUT2D eigenvalue weighted by atomic mass is 9.88. The maximum absolute atomic E-state index is 2.40. The van der Waals surface area contributed by atoms with E-state index in [1.54, 1.807) is 0 Å². The van der Waals surface area contributed by atoms with Crippen molar-refractivity contribution in [2.24, 2.45) is 0 Å². The van der Waals surface area contributed by atoms with Crippen molar-refractivity contribution >= 4 is 27.8 Å². The summed E-state index contributed by atoms with van der Waals surface area (Å²) in [6.45, 7) is 0. The predicted molar refractivity (Wildman–Crippen MR) is 175 cm³/mol. The van der Waals surface area contributed by atoms with E-state index < -0.39 is 0 Å². The highest BCUT2D eigenvalue weighted by Gasteiger charge is 2.20. The Morgan fingerprint density at radius 1 is 0.293 bits per heavy atom. The van der Waals surface area contributed by atoms with Crippen molar-refractivity contribution < 1.29 is 0 Å². The molecule has 0 amide bonds. The number of hydrogen-bond donors (Lipinski definition) is 0. The van der Waals surface area contributed by atoms with Crippen molar-refractivity contribution in [2.45, 2.75) is 0 Å². The van der Waals surface area contributed by atoms with Gasteiger partial charge in [0, 0.05) is 16.6 Å². The van der Waals surface area contributed by atoms with E-state index in [1.165, 1.54) is 44.2 Å². The number of rotatable bonds is 6. The summed E-state index contributed by atoms with van der Waals surface area (Å²) in [6.07, 6.45) is 0. The molecule has 0 unspecified atom stereocenters. The second-order valence-corrected chi connectivity index (χ2v) is 10.1. The summed E-state index contributed by atoms with van der Waals surface area (Å²) in [5, 5.41) is 2.44. The molecular weight excluding hydrogens is 494 g/mol. The lowest BCUT2D eigenvalue weighted by Gasteiger charge is -2.29. The van der Waals surface area contributed by atoms with Crippen LogP contribution in [0, 0.1) is 0 Å². The van der Waals surface area contributed by atoms with Gasteiger partial charge in [-0.1, -0.05) is 152 Å². The minimum atomic E-state index is 1.12. The summed E-state index contributed by atoms with van der Waals surface area (Å²) in [4.78, 5) is 2.40. The maximum Gasteiger partial charge on any atom is 0.0540 e. The molecule has 194 valence electrons. The molecule has 7 rings (SSSR count). The van der Waals surface area contributed by atoms with Gasteiger partial charge in [0.2, 0.25) is 0 Å². The van der Waals surface area contributed by atoms with Gasteiger partial charge in [0.05, 0.1) is 11.4 Å². The Bertz CT molecular complexity index is 1930. The molecule has 0 saturated heterocycles. The molecule has 0 aromatic heterocycles. The molecular formula is C40H29N. The third-order valence-corrected chi connectivity index (χ3v) is 7.69. The van der Waals surface area contributed by atoms with Crippen LogP contribution in [0.4, 0.5) is 17.1 Å². The Morgan fingerprint density at radius 2 is 0.756 bits per heavy atom. The third kappa shape index (κ3) is 4.68. The second kappa shape index (κ2) is 11.0. The van der Waals surface area contributed by atoms with Gasteiger partial charge in [-0.25, -0.2) is 0 Å². The zero-order valence-corrected chi connectivity index (χ0v) is 22.7. The van der Waals surface area contributed by atoms with Gasteiger partial charge in [0.25, 0.3) is 0 Å². The molecule has 0 fully saturated rings. The van der Waals surface area contributed by atoms with Crippen molar-refractivity contribution in [3.63, 3.8) is 0 Å². The fourth-order valence-electron chi connectivity index (χ4n) is 5.82. The summed E-state index contributed by atoms with van der Waals surface area (Å²) in [5.41, 5.74) is 10.7. The van der Waals surface area contributed by atoms with Crippen LogP contribution in [0.15, 0.2) is 176 Å². The minimum absolute atomic E-state index is 1.12. The molecule has 41 heavy (non-hydrogen) atoms. The summed E-state index contributed by atoms with van der Waals surface area (Å²) in [7, 11) is 0. The monoisotopic (exact) mass is 523 g/mol. The highest BCUT2D eigenvalue weighted by atomic mass is 15.1. The summed E-state index contributed by atoms with van der Waals surface area (Å²) >= 11 is 0. The van der Waals surface area contributed by atoms with Crippen molar-refractivity contribution in [1.82, 2.24) is 0 Å². The molecule has 1 nitrogen and oxygen atoms in total. The van der Waals surface area contributed by atoms with Gasteiger partial charge in [-0.2, -0.15) is 0 Å². The first-order chi connectivity index (χ1) is 20.4. The molecule has 7 aromatic carbocycles. The van der Waals surface area contributed by atoms with Crippen LogP contribution in [-0.4, -0.2) is 0 Å². The zero-order chi connectivity index (χ0) is 27.4. The second-order valence-electron chi connectivity index (χ2n) is 10.1. The van der Waals surface area contributed by atoms with Crippen LogP contribution in [0.25, 0.3) is 44.2 Å². The van der Waals surface area contributed by atoms with Crippen molar-refractivity contribution in [3.8, 4) is 33.4 Å². The van der Waals surface area contributed by atoms with E-state index in [0.29, 0.717) is 0 Å². The number of benzene rings is 7. The van der Waals surface area contributed by atoms with Crippen LogP contribution in [0.2, 0.25) is 0 Å². The third-order valence-electron chi connectivity index (χ3n) is 7.69. The van der Waals surface area contributed by atoms with Gasteiger partial charge in [-0.3, -0.25) is 0 Å². The van der Waals surface area contributed by atoms with Crippen LogP contribution in [0.1, 0.15) is 0 Å². The Morgan fingerprint density at radius 3 is 1.49 bits per heavy atom. The number of hydrogen-bond acceptors (Lipinski definition) is 1. The minimum Gasteiger partial charge on any atom is -0.309 e. The predicted octanol–water partition coefficient (Wildman–Crippen LogP) is 11.3. The molecule has 0 bridgehead atoms. The fraction of sp³-hybridized carbons (Fsp3) is 0. The van der Waals surface area contributed by atoms with Crippen LogP contribution in [0.3, 0.4) is 0 Å². The number of fused-ring (bicyclic) bond motifs is 1. The van der Waals surface area contributed by atoms with Crippen LogP contribution >= 0.6 is 0 Å². The first kappa shape index (κ1) is 24.6. The Kier molecular flexibility index (Phi) is 6.61. The average Bonchev–Trinajstić information content (AvgIpc) is 3.06. The summed E-state index contributed by atoms with van der Waals surface area (Å²) in [6, 6.07) is 62.8. The largest absolute Gasteiger partial charge is 0.309 e. The molecule has 0 aliphatic heterocycles. The smallest absolute Gasteiger partial charge is 0.0540 e. The maximum atomic E-state index is 2.40. The summed E-state index contributed by atoms with van der Waals surface area (Å²) < 4.78 is 0. The topological polar surface area (TPSA) is 3.24 Å². The Balaban J connectivity index is 1.47. The van der Waals surface area contributed by atoms with E-state index >= 15 is 0 Å². The van der Waals surface area contributed by atoms with Crippen molar-refractivity contribution in [2.75, 3.05) is 4.90 Å². The molecule has 0 atom stereocenters. The average molecular weight is 524 g/mol. The molecule has 0 spiro atoms. The molecule has 0 aliphatic rings. The summed E-state index contributed by atoms with van der Waals surface area (Å²) in [5.74, 6) is 0. The molecule has 1 heteroatoms. The first-order valence-corrected chi connectivity index (χ1v) is 14.0. The van der Waals surface area contributed by atoms with Crippen molar-refractivity contribution in [3.05, 3.63) is 176 Å². The SMILES string of the molecule is c1ccc(-c2ccccc2-c2ccccc2-c2ccccc2N(c2ccccc2)c2cccc3ccccc23)cc1. The standard InChI is InChI=1S/C40H29N/c1-3-16-30(17-4-1)33-22-9-10-24-35(33)36-25-11-12-26-37(36)38-27-13-14-28-40(38)41(32-20-5-2-6-21-32)39-29-15-19-31-18-7-8-23-34(31)39/h1-29H. The zero-order valence-electron chi connectivity index (χ0n) is 22.7. The molecule has 0 heterocycles. The van der Waals surface area contributed by atoms with Crippen LogP contribution < -0.4 is 4.90 Å². The quantitative estimate of drug-likeness (QED) is 0.209. The van der Waals surface area contributed by atoms with E-state index in [-0.39, 0.29) is 0 Å². The lowest BCUT2D eigenvalue weighted by molar-refractivity contribution is 1.30. The van der Waals surface area contributed by atoms with Crippen LogP contribution in [0.5, 0.6) is 0 Å². The van der Waals surface area contributed by atoms with E-state index in [9.17, 15) is 0 Å². The number of para-hydroxylation sites is 2. The Hall–Kier alpha value is -5.40. The molecule has 7 aromatic rings. The van der Waals surface area contributed by atoms with Gasteiger partial charge in [-0.15, -0.1) is 0 Å². The first-order valence-electron chi connectivity index (χ1n) is 14.0. The van der Waals surface area contributed by atoms with E-state index in [0.717, 1.165) is 17.1 Å². The van der Waals surface area contributed by atoms with E-state index in [4.69, 9.17) is 0 Å². The molecule has 0 radical (unpaired) electrons. The number of nitrogens with zero attached hydrogens (tertiary/aromatic N) is 1. The molecule has 0 saturated carbocycles. The van der Waals surface area contributed by atoms with Gasteiger partial charge < -0.3 is 4.90 Å². The van der Waals surface area contributed by atoms with Gasteiger partial charge in [0.15, 0.2) is 0 Å². The van der Waals surface area contributed by atoms with E-state index in [2.05, 4.69) is 181 Å². The normalized spacial score (nSPS) is 10.9. The van der Waals surface area contributed by atoms with Gasteiger partial charge in [-0.05, 0) is 57.5 Å². The highest BCUT2D eigenvalue weighted by Crippen LogP contribution is 2.46. The van der Waals surface area contributed by atoms with Gasteiger partial charge >= 0.3 is 0 Å². The lowest BCUT2D eigenvalue weighted by Crippen LogP contribution is -2.11. The Labute approximate surface area is 241 Å². The van der Waals surface area contributed by atoms with Crippen LogP contribution in [-0.2, 0) is 0 Å². The fourth-order valence-corrected chi connectivity index (χ4v) is 5.82. The molecule has 0 aliphatic carbocycles. The van der Waals surface area contributed by atoms with Gasteiger partial charge in [0.1, 0.15) is 0 Å². The van der Waals surface area contributed by atoms with E-state index in [1.807, 2.05) is 0 Å². The molecule has 0 N–H and O–H groups in total. The van der Waals surface area contributed by atoms with Crippen molar-refractivity contribution in [1.29, 1.82) is 0 Å². The highest BCUT2D eigenvalue weighted by molar-refractivity contribution is 6.02. The number of anilines is 3.